The lowest BCUT2D eigenvalue weighted by molar-refractivity contribution is -0.155. The molecule has 0 aliphatic heterocycles. The van der Waals surface area contributed by atoms with Crippen LogP contribution in [0.3, 0.4) is 0 Å². The standard InChI is InChI=1S/C30H28FN3O4/c1-18(19-13-14-21-20-9-6-8-12-25(20)37-26(21)15-19)33-24-16-32-28(22-10-5-7-11-23(22)31)34(29(24)36)17-27(35)38-30(2,3)4/h5-16,18,33H,17H2,1-4H3/t18-/m1/s1. The molecule has 1 N–H and O–H groups in total. The van der Waals surface area contributed by atoms with Crippen molar-refractivity contribution in [3.63, 3.8) is 0 Å². The molecule has 5 rings (SSSR count). The molecule has 0 aliphatic rings. The third-order valence-electron chi connectivity index (χ3n) is 6.14. The van der Waals surface area contributed by atoms with Gasteiger partial charge in [0.1, 0.15) is 40.6 Å². The van der Waals surface area contributed by atoms with Crippen molar-refractivity contribution in [3.8, 4) is 11.4 Å². The van der Waals surface area contributed by atoms with Crippen LogP contribution < -0.4 is 10.9 Å². The summed E-state index contributed by atoms with van der Waals surface area (Å²) >= 11 is 0. The molecule has 0 radical (unpaired) electrons. The van der Waals surface area contributed by atoms with Crippen molar-refractivity contribution in [2.45, 2.75) is 45.9 Å². The number of ether oxygens (including phenoxy) is 1. The van der Waals surface area contributed by atoms with E-state index >= 15 is 0 Å². The van der Waals surface area contributed by atoms with E-state index in [-0.39, 0.29) is 23.1 Å². The third kappa shape index (κ3) is 5.02. The van der Waals surface area contributed by atoms with E-state index in [1.54, 1.807) is 32.9 Å². The van der Waals surface area contributed by atoms with Crippen LogP contribution in [0.1, 0.15) is 39.3 Å². The van der Waals surface area contributed by atoms with Gasteiger partial charge in [0.15, 0.2) is 0 Å². The molecule has 2 aromatic heterocycles. The van der Waals surface area contributed by atoms with Gasteiger partial charge in [-0.3, -0.25) is 14.2 Å². The average Bonchev–Trinajstić information content (AvgIpc) is 3.24. The number of esters is 1. The van der Waals surface area contributed by atoms with Gasteiger partial charge in [-0.1, -0.05) is 42.5 Å². The number of rotatable bonds is 6. The Hall–Kier alpha value is -4.46. The van der Waals surface area contributed by atoms with Crippen LogP contribution in [0.25, 0.3) is 33.3 Å². The Morgan fingerprint density at radius 2 is 1.76 bits per heavy atom. The number of nitrogens with one attached hydrogen (secondary N) is 1. The minimum absolute atomic E-state index is 0.0425. The average molecular weight is 514 g/mol. The van der Waals surface area contributed by atoms with Crippen molar-refractivity contribution in [1.29, 1.82) is 0 Å². The summed E-state index contributed by atoms with van der Waals surface area (Å²) in [6.45, 7) is 6.71. The van der Waals surface area contributed by atoms with E-state index in [1.807, 2.05) is 49.4 Å². The molecule has 38 heavy (non-hydrogen) atoms. The first-order valence-electron chi connectivity index (χ1n) is 12.3. The van der Waals surface area contributed by atoms with Crippen LogP contribution in [0.2, 0.25) is 0 Å². The van der Waals surface area contributed by atoms with E-state index in [2.05, 4.69) is 10.3 Å². The lowest BCUT2D eigenvalue weighted by Gasteiger charge is -2.21. The molecule has 194 valence electrons. The topological polar surface area (TPSA) is 86.4 Å². The fourth-order valence-electron chi connectivity index (χ4n) is 4.43. The van der Waals surface area contributed by atoms with Gasteiger partial charge in [-0.15, -0.1) is 0 Å². The van der Waals surface area contributed by atoms with E-state index in [0.29, 0.717) is 0 Å². The predicted molar refractivity (Wildman–Crippen MR) is 145 cm³/mol. The number of para-hydroxylation sites is 1. The maximum absolute atomic E-state index is 14.6. The first kappa shape index (κ1) is 25.2. The van der Waals surface area contributed by atoms with Crippen LogP contribution in [0.4, 0.5) is 10.1 Å². The van der Waals surface area contributed by atoms with Gasteiger partial charge < -0.3 is 14.5 Å². The number of furan rings is 1. The monoisotopic (exact) mass is 513 g/mol. The van der Waals surface area contributed by atoms with Crippen molar-refractivity contribution in [2.75, 3.05) is 5.32 Å². The van der Waals surface area contributed by atoms with Crippen LogP contribution in [0.5, 0.6) is 0 Å². The summed E-state index contributed by atoms with van der Waals surface area (Å²) in [7, 11) is 0. The second-order valence-corrected chi connectivity index (χ2v) is 10.2. The van der Waals surface area contributed by atoms with E-state index in [4.69, 9.17) is 9.15 Å². The number of aromatic nitrogens is 2. The van der Waals surface area contributed by atoms with Gasteiger partial charge in [0.2, 0.25) is 0 Å². The van der Waals surface area contributed by atoms with Crippen molar-refractivity contribution in [1.82, 2.24) is 9.55 Å². The predicted octanol–water partition coefficient (Wildman–Crippen LogP) is 6.46. The van der Waals surface area contributed by atoms with Crippen LogP contribution in [0.15, 0.2) is 82.1 Å². The highest BCUT2D eigenvalue weighted by Gasteiger charge is 2.22. The molecule has 0 fully saturated rings. The van der Waals surface area contributed by atoms with Gasteiger partial charge in [0.05, 0.1) is 11.8 Å². The highest BCUT2D eigenvalue weighted by Crippen LogP contribution is 2.31. The SMILES string of the molecule is C[C@@H](Nc1cnc(-c2ccccc2F)n(CC(=O)OC(C)(C)C)c1=O)c1ccc2c(c1)oc1ccccc12. The minimum atomic E-state index is -0.744. The molecule has 5 aromatic rings. The maximum atomic E-state index is 14.6. The molecule has 3 aromatic carbocycles. The summed E-state index contributed by atoms with van der Waals surface area (Å²) in [4.78, 5) is 30.6. The summed E-state index contributed by atoms with van der Waals surface area (Å²) < 4.78 is 27.2. The molecule has 0 amide bonds. The number of hydrogen-bond acceptors (Lipinski definition) is 6. The zero-order valence-electron chi connectivity index (χ0n) is 21.6. The Morgan fingerprint density at radius 1 is 1.05 bits per heavy atom. The highest BCUT2D eigenvalue weighted by atomic mass is 19.1. The first-order valence-corrected chi connectivity index (χ1v) is 12.3. The number of carbonyl (C=O) groups is 1. The summed E-state index contributed by atoms with van der Waals surface area (Å²) in [5.41, 5.74) is 1.47. The Balaban J connectivity index is 1.50. The van der Waals surface area contributed by atoms with E-state index in [0.717, 1.165) is 32.1 Å². The molecular formula is C30H28FN3O4. The van der Waals surface area contributed by atoms with E-state index in [1.165, 1.54) is 18.3 Å². The molecule has 1 atom stereocenters. The van der Waals surface area contributed by atoms with Crippen LogP contribution in [-0.4, -0.2) is 21.1 Å². The zero-order valence-corrected chi connectivity index (χ0v) is 21.6. The van der Waals surface area contributed by atoms with Crippen LogP contribution >= 0.6 is 0 Å². The second kappa shape index (κ2) is 9.78. The quantitative estimate of drug-likeness (QED) is 0.262. The van der Waals surface area contributed by atoms with Gasteiger partial charge in [0.25, 0.3) is 5.56 Å². The Morgan fingerprint density at radius 3 is 2.53 bits per heavy atom. The molecular weight excluding hydrogens is 485 g/mol. The van der Waals surface area contributed by atoms with E-state index in [9.17, 15) is 14.0 Å². The Labute approximate surface area is 218 Å². The summed E-state index contributed by atoms with van der Waals surface area (Å²) in [6, 6.07) is 19.4. The van der Waals surface area contributed by atoms with Crippen molar-refractivity contribution < 1.29 is 18.3 Å². The van der Waals surface area contributed by atoms with Gasteiger partial charge in [0, 0.05) is 16.8 Å². The molecule has 0 spiro atoms. The number of fused-ring (bicyclic) bond motifs is 3. The van der Waals surface area contributed by atoms with Gasteiger partial charge >= 0.3 is 5.97 Å². The molecule has 0 saturated heterocycles. The van der Waals surface area contributed by atoms with Gasteiger partial charge in [-0.2, -0.15) is 0 Å². The maximum Gasteiger partial charge on any atom is 0.326 e. The van der Waals surface area contributed by atoms with Crippen LogP contribution in [-0.2, 0) is 16.1 Å². The molecule has 8 heteroatoms. The molecule has 0 aliphatic carbocycles. The second-order valence-electron chi connectivity index (χ2n) is 10.2. The number of halogens is 1. The molecule has 0 bridgehead atoms. The minimum Gasteiger partial charge on any atom is -0.459 e. The fourth-order valence-corrected chi connectivity index (χ4v) is 4.43. The zero-order chi connectivity index (χ0) is 27.0. The first-order chi connectivity index (χ1) is 18.1. The molecule has 2 heterocycles. The van der Waals surface area contributed by atoms with Crippen LogP contribution in [0, 0.1) is 5.82 Å². The summed E-state index contributed by atoms with van der Waals surface area (Å²) in [5, 5.41) is 5.24. The number of nitrogens with zero attached hydrogens (tertiary/aromatic N) is 2. The summed E-state index contributed by atoms with van der Waals surface area (Å²) in [6.07, 6.45) is 1.37. The van der Waals surface area contributed by atoms with Gasteiger partial charge in [-0.05, 0) is 57.5 Å². The van der Waals surface area contributed by atoms with Crippen molar-refractivity contribution in [3.05, 3.63) is 94.7 Å². The normalized spacial score (nSPS) is 12.6. The molecule has 7 nitrogen and oxygen atoms in total. The van der Waals surface area contributed by atoms with E-state index < -0.39 is 29.5 Å². The smallest absolute Gasteiger partial charge is 0.326 e. The fraction of sp³-hybridized carbons (Fsp3) is 0.233. The number of anilines is 1. The number of hydrogen-bond donors (Lipinski definition) is 1. The van der Waals surface area contributed by atoms with Gasteiger partial charge in [-0.25, -0.2) is 9.37 Å². The number of carbonyl (C=O) groups excluding carboxylic acids is 1. The lowest BCUT2D eigenvalue weighted by atomic mass is 10.1. The lowest BCUT2D eigenvalue weighted by Crippen LogP contribution is -2.33. The Kier molecular flexibility index (Phi) is 6.48. The largest absolute Gasteiger partial charge is 0.459 e. The summed E-state index contributed by atoms with van der Waals surface area (Å²) in [5.74, 6) is -1.13. The van der Waals surface area contributed by atoms with Crippen molar-refractivity contribution in [2.24, 2.45) is 0 Å². The number of benzene rings is 3. The highest BCUT2D eigenvalue weighted by molar-refractivity contribution is 6.04. The molecule has 0 saturated carbocycles. The third-order valence-corrected chi connectivity index (χ3v) is 6.14. The Bertz CT molecular complexity index is 1710. The molecule has 0 unspecified atom stereocenters. The van der Waals surface area contributed by atoms with Crippen molar-refractivity contribution >= 4 is 33.6 Å².